The quantitative estimate of drug-likeness (QED) is 0.404. The molecule has 7 heteroatoms. The van der Waals surface area contributed by atoms with Crippen LogP contribution in [0, 0.1) is 0 Å². The fraction of sp³-hybridized carbons (Fsp3) is 0. The van der Waals surface area contributed by atoms with Gasteiger partial charge in [-0.1, -0.05) is 27.5 Å². The van der Waals surface area contributed by atoms with Gasteiger partial charge in [-0.25, -0.2) is 4.98 Å². The van der Waals surface area contributed by atoms with Crippen LogP contribution in [0.25, 0.3) is 33.8 Å². The largest absolute Gasteiger partial charge is 0.337 e. The summed E-state index contributed by atoms with van der Waals surface area (Å²) < 4.78 is 1.90. The van der Waals surface area contributed by atoms with Gasteiger partial charge in [0.15, 0.2) is 5.82 Å². The maximum atomic E-state index is 6.18. The van der Waals surface area contributed by atoms with Crippen molar-refractivity contribution in [1.82, 2.24) is 19.9 Å². The second-order valence-electron chi connectivity index (χ2n) is 5.14. The number of aromatic amines is 1. The molecule has 0 amide bonds. The number of H-pyrrole nitrogens is 1. The Hall–Kier alpha value is -1.76. The van der Waals surface area contributed by atoms with E-state index >= 15 is 0 Å². The summed E-state index contributed by atoms with van der Waals surface area (Å²) in [4.78, 5) is 16.7. The van der Waals surface area contributed by atoms with E-state index in [4.69, 9.17) is 11.6 Å². The molecule has 0 spiro atoms. The van der Waals surface area contributed by atoms with Crippen LogP contribution in [0.3, 0.4) is 0 Å². The van der Waals surface area contributed by atoms with Crippen molar-refractivity contribution < 1.29 is 0 Å². The fourth-order valence-electron chi connectivity index (χ4n) is 2.44. The van der Waals surface area contributed by atoms with E-state index in [1.807, 2.05) is 30.3 Å². The molecule has 0 fully saturated rings. The van der Waals surface area contributed by atoms with Gasteiger partial charge in [0.1, 0.15) is 11.2 Å². The second kappa shape index (κ2) is 6.27. The lowest BCUT2D eigenvalue weighted by Crippen LogP contribution is -1.89. The molecule has 0 atom stereocenters. The maximum absolute atomic E-state index is 6.18. The van der Waals surface area contributed by atoms with Gasteiger partial charge in [-0.3, -0.25) is 9.97 Å². The third-order valence-corrected chi connectivity index (χ3v) is 4.91. The van der Waals surface area contributed by atoms with Gasteiger partial charge in [0.05, 0.1) is 16.2 Å². The minimum absolute atomic E-state index is 0.601. The average Bonchev–Trinajstić information content (AvgIpc) is 3.00. The molecule has 0 radical (unpaired) electrons. The number of benzene rings is 1. The van der Waals surface area contributed by atoms with E-state index in [0.29, 0.717) is 10.8 Å². The van der Waals surface area contributed by atoms with Crippen molar-refractivity contribution in [2.45, 2.75) is 0 Å². The summed E-state index contributed by atoms with van der Waals surface area (Å²) in [5, 5.41) is 0.601. The summed E-state index contributed by atoms with van der Waals surface area (Å²) in [6.07, 6.45) is 3.46. The molecule has 0 aliphatic heterocycles. The highest BCUT2D eigenvalue weighted by molar-refractivity contribution is 9.11. The maximum Gasteiger partial charge on any atom is 0.157 e. The van der Waals surface area contributed by atoms with Gasteiger partial charge in [0.25, 0.3) is 0 Å². The number of pyridine rings is 2. The molecule has 1 N–H and O–H groups in total. The summed E-state index contributed by atoms with van der Waals surface area (Å²) in [5.41, 5.74) is 4.14. The molecular weight excluding hydrogens is 455 g/mol. The highest BCUT2D eigenvalue weighted by atomic mass is 79.9. The Morgan fingerprint density at radius 2 is 1.92 bits per heavy atom. The second-order valence-corrected chi connectivity index (χ2v) is 7.31. The van der Waals surface area contributed by atoms with Crippen LogP contribution >= 0.6 is 43.5 Å². The molecule has 0 unspecified atom stereocenters. The molecule has 4 rings (SSSR count). The molecule has 0 saturated heterocycles. The lowest BCUT2D eigenvalue weighted by Gasteiger charge is -2.03. The van der Waals surface area contributed by atoms with Crippen LogP contribution in [-0.2, 0) is 0 Å². The van der Waals surface area contributed by atoms with Crippen LogP contribution in [0.2, 0.25) is 5.02 Å². The minimum Gasteiger partial charge on any atom is -0.337 e. The van der Waals surface area contributed by atoms with Crippen molar-refractivity contribution in [1.29, 1.82) is 0 Å². The molecule has 4 aromatic rings. The first kappa shape index (κ1) is 15.7. The van der Waals surface area contributed by atoms with Crippen LogP contribution in [0.15, 0.2) is 57.7 Å². The number of aromatic nitrogens is 4. The molecule has 4 nitrogen and oxygen atoms in total. The SMILES string of the molecule is Clc1cccnc1-c1ccc(-c2nc3c(Br)cc(Br)cc3[nH]2)nc1. The van der Waals surface area contributed by atoms with E-state index in [2.05, 4.69) is 51.8 Å². The third-order valence-electron chi connectivity index (χ3n) is 3.54. The number of hydrogen-bond acceptors (Lipinski definition) is 3. The number of fused-ring (bicyclic) bond motifs is 1. The number of halogens is 3. The Bertz CT molecular complexity index is 1040. The number of nitrogens with one attached hydrogen (secondary N) is 1. The van der Waals surface area contributed by atoms with Crippen LogP contribution in [0.5, 0.6) is 0 Å². The summed E-state index contributed by atoms with van der Waals surface area (Å²) in [5.74, 6) is 0.711. The van der Waals surface area contributed by atoms with Gasteiger partial charge < -0.3 is 4.98 Å². The molecule has 118 valence electrons. The van der Waals surface area contributed by atoms with Gasteiger partial charge in [-0.05, 0) is 52.3 Å². The van der Waals surface area contributed by atoms with Crippen molar-refractivity contribution in [3.05, 3.63) is 62.8 Å². The minimum atomic E-state index is 0.601. The molecule has 0 aliphatic carbocycles. The van der Waals surface area contributed by atoms with Crippen LogP contribution in [0.4, 0.5) is 0 Å². The average molecular weight is 465 g/mol. The van der Waals surface area contributed by atoms with Crippen molar-refractivity contribution >= 4 is 54.5 Å². The van der Waals surface area contributed by atoms with E-state index in [-0.39, 0.29) is 0 Å². The van der Waals surface area contributed by atoms with Crippen LogP contribution in [-0.4, -0.2) is 19.9 Å². The Morgan fingerprint density at radius 3 is 2.67 bits per heavy atom. The van der Waals surface area contributed by atoms with Crippen LogP contribution < -0.4 is 0 Å². The standard InChI is InChI=1S/C17H9Br2ClN4/c18-10-6-11(19)16-14(7-10)23-17(24-16)13-4-3-9(8-22-13)15-12(20)2-1-5-21-15/h1-8H,(H,23,24). The topological polar surface area (TPSA) is 54.5 Å². The molecule has 3 heterocycles. The predicted octanol–water partition coefficient (Wildman–Crippen LogP) is 5.87. The van der Waals surface area contributed by atoms with Crippen LogP contribution in [0.1, 0.15) is 0 Å². The Morgan fingerprint density at radius 1 is 1.04 bits per heavy atom. The van der Waals surface area contributed by atoms with E-state index in [1.165, 1.54) is 0 Å². The van der Waals surface area contributed by atoms with Gasteiger partial charge >= 0.3 is 0 Å². The Kier molecular flexibility index (Phi) is 4.12. The molecule has 3 aromatic heterocycles. The number of nitrogens with zero attached hydrogens (tertiary/aromatic N) is 3. The van der Waals surface area contributed by atoms with Crippen molar-refractivity contribution in [2.75, 3.05) is 0 Å². The molecule has 0 bridgehead atoms. The molecular formula is C17H9Br2ClN4. The van der Waals surface area contributed by atoms with E-state index in [9.17, 15) is 0 Å². The third kappa shape index (κ3) is 2.85. The molecule has 1 aromatic carbocycles. The first-order valence-electron chi connectivity index (χ1n) is 7.04. The van der Waals surface area contributed by atoms with Crippen molar-refractivity contribution in [2.24, 2.45) is 0 Å². The lowest BCUT2D eigenvalue weighted by molar-refractivity contribution is 1.23. The number of hydrogen-bond donors (Lipinski definition) is 1. The highest BCUT2D eigenvalue weighted by Gasteiger charge is 2.11. The van der Waals surface area contributed by atoms with Gasteiger partial charge in [0, 0.05) is 26.9 Å². The predicted molar refractivity (Wildman–Crippen MR) is 103 cm³/mol. The smallest absolute Gasteiger partial charge is 0.157 e. The normalized spacial score (nSPS) is 11.1. The summed E-state index contributed by atoms with van der Waals surface area (Å²) in [6.45, 7) is 0. The summed E-state index contributed by atoms with van der Waals surface area (Å²) in [6, 6.07) is 11.4. The fourth-order valence-corrected chi connectivity index (χ4v) is 3.98. The number of rotatable bonds is 2. The molecule has 24 heavy (non-hydrogen) atoms. The van der Waals surface area contributed by atoms with Crippen molar-refractivity contribution in [3.8, 4) is 22.8 Å². The first-order chi connectivity index (χ1) is 11.6. The number of imidazole rings is 1. The van der Waals surface area contributed by atoms with E-state index in [0.717, 1.165) is 36.9 Å². The Balaban J connectivity index is 1.76. The summed E-state index contributed by atoms with van der Waals surface area (Å²) >= 11 is 13.2. The zero-order chi connectivity index (χ0) is 16.7. The zero-order valence-electron chi connectivity index (χ0n) is 12.1. The first-order valence-corrected chi connectivity index (χ1v) is 9.00. The lowest BCUT2D eigenvalue weighted by atomic mass is 10.2. The zero-order valence-corrected chi connectivity index (χ0v) is 16.0. The molecule has 0 aliphatic rings. The van der Waals surface area contributed by atoms with Gasteiger partial charge in [-0.15, -0.1) is 0 Å². The van der Waals surface area contributed by atoms with E-state index in [1.54, 1.807) is 18.5 Å². The monoisotopic (exact) mass is 462 g/mol. The van der Waals surface area contributed by atoms with Crippen molar-refractivity contribution in [3.63, 3.8) is 0 Å². The van der Waals surface area contributed by atoms with Gasteiger partial charge in [-0.2, -0.15) is 0 Å². The van der Waals surface area contributed by atoms with E-state index < -0.39 is 0 Å². The molecule has 0 saturated carbocycles. The highest BCUT2D eigenvalue weighted by Crippen LogP contribution is 2.30. The Labute approximate surface area is 159 Å². The van der Waals surface area contributed by atoms with Gasteiger partial charge in [0.2, 0.25) is 0 Å². The summed E-state index contributed by atoms with van der Waals surface area (Å²) in [7, 11) is 0.